The molecule has 6 heteroatoms. The third kappa shape index (κ3) is 4.61. The predicted octanol–water partition coefficient (Wildman–Crippen LogP) is 3.41. The Kier molecular flexibility index (Phi) is 6.63. The van der Waals surface area contributed by atoms with Gasteiger partial charge in [-0.3, -0.25) is 4.79 Å². The minimum atomic E-state index is -3.56. The third-order valence-corrected chi connectivity index (χ3v) is 7.02. The molecular formula is C19H30N2O3S. The Morgan fingerprint density at radius 1 is 1.32 bits per heavy atom. The molecule has 1 aromatic carbocycles. The van der Waals surface area contributed by atoms with Gasteiger partial charge in [0.15, 0.2) is 0 Å². The topological polar surface area (TPSA) is 66.5 Å². The summed E-state index contributed by atoms with van der Waals surface area (Å²) in [7, 11) is -3.56. The molecule has 1 saturated heterocycles. The monoisotopic (exact) mass is 366 g/mol. The maximum absolute atomic E-state index is 13.0. The van der Waals surface area contributed by atoms with Crippen LogP contribution >= 0.6 is 0 Å². The largest absolute Gasteiger partial charge is 0.349 e. The van der Waals surface area contributed by atoms with Crippen molar-refractivity contribution in [2.24, 2.45) is 5.92 Å². The molecule has 25 heavy (non-hydrogen) atoms. The van der Waals surface area contributed by atoms with Gasteiger partial charge in [-0.2, -0.15) is 4.31 Å². The fraction of sp³-hybridized carbons (Fsp3) is 0.632. The van der Waals surface area contributed by atoms with Gasteiger partial charge in [-0.25, -0.2) is 8.42 Å². The van der Waals surface area contributed by atoms with Gasteiger partial charge in [-0.15, -0.1) is 0 Å². The molecule has 2 rings (SSSR count). The average molecular weight is 367 g/mol. The molecule has 0 bridgehead atoms. The first kappa shape index (κ1) is 19.9. The number of nitrogens with zero attached hydrogens (tertiary/aromatic N) is 1. The van der Waals surface area contributed by atoms with Crippen molar-refractivity contribution in [3.63, 3.8) is 0 Å². The lowest BCUT2D eigenvalue weighted by Crippen LogP contribution is -2.42. The van der Waals surface area contributed by atoms with E-state index in [0.717, 1.165) is 25.7 Å². The van der Waals surface area contributed by atoms with Crippen LogP contribution in [0.15, 0.2) is 29.2 Å². The van der Waals surface area contributed by atoms with Crippen LogP contribution in [0.25, 0.3) is 0 Å². The number of sulfonamides is 1. The molecule has 140 valence electrons. The standard InChI is InChI=1S/C19H30N2O3S/c1-5-18(14(2)3)20-19(22)16-10-8-11-17(13-16)25(23,24)21-12-7-6-9-15(21)4/h8,10-11,13-15,18H,5-7,9,12H2,1-4H3,(H,20,22). The first-order valence-electron chi connectivity index (χ1n) is 9.20. The van der Waals surface area contributed by atoms with Crippen LogP contribution in [0.3, 0.4) is 0 Å². The van der Waals surface area contributed by atoms with E-state index in [1.807, 2.05) is 13.8 Å². The van der Waals surface area contributed by atoms with Gasteiger partial charge in [0.05, 0.1) is 4.90 Å². The van der Waals surface area contributed by atoms with E-state index in [2.05, 4.69) is 19.2 Å². The smallest absolute Gasteiger partial charge is 0.251 e. The van der Waals surface area contributed by atoms with Gasteiger partial charge >= 0.3 is 0 Å². The van der Waals surface area contributed by atoms with Crippen molar-refractivity contribution < 1.29 is 13.2 Å². The second-order valence-corrected chi connectivity index (χ2v) is 9.11. The fourth-order valence-corrected chi connectivity index (χ4v) is 5.10. The predicted molar refractivity (Wildman–Crippen MR) is 100 cm³/mol. The summed E-state index contributed by atoms with van der Waals surface area (Å²) in [5.41, 5.74) is 0.393. The van der Waals surface area contributed by atoms with Crippen molar-refractivity contribution in [3.05, 3.63) is 29.8 Å². The van der Waals surface area contributed by atoms with E-state index in [-0.39, 0.29) is 22.9 Å². The Morgan fingerprint density at radius 3 is 2.64 bits per heavy atom. The number of hydrogen-bond acceptors (Lipinski definition) is 3. The molecule has 2 unspecified atom stereocenters. The minimum Gasteiger partial charge on any atom is -0.349 e. The molecule has 0 aromatic heterocycles. The highest BCUT2D eigenvalue weighted by Crippen LogP contribution is 2.25. The van der Waals surface area contributed by atoms with Crippen molar-refractivity contribution in [1.82, 2.24) is 9.62 Å². The highest BCUT2D eigenvalue weighted by Gasteiger charge is 2.31. The normalized spacial score (nSPS) is 20.4. The molecule has 0 saturated carbocycles. The molecule has 1 aliphatic rings. The average Bonchev–Trinajstić information content (AvgIpc) is 2.59. The van der Waals surface area contributed by atoms with Crippen LogP contribution in [-0.2, 0) is 10.0 Å². The zero-order chi connectivity index (χ0) is 18.6. The lowest BCUT2D eigenvalue weighted by Gasteiger charge is -2.32. The Hall–Kier alpha value is -1.40. The fourth-order valence-electron chi connectivity index (χ4n) is 3.35. The van der Waals surface area contributed by atoms with E-state index in [1.165, 1.54) is 6.07 Å². The molecule has 1 N–H and O–H groups in total. The number of benzene rings is 1. The second-order valence-electron chi connectivity index (χ2n) is 7.22. The molecule has 0 radical (unpaired) electrons. The number of piperidine rings is 1. The first-order valence-corrected chi connectivity index (χ1v) is 10.6. The van der Waals surface area contributed by atoms with Crippen molar-refractivity contribution in [3.8, 4) is 0 Å². The van der Waals surface area contributed by atoms with Crippen molar-refractivity contribution in [1.29, 1.82) is 0 Å². The van der Waals surface area contributed by atoms with Gasteiger partial charge in [0.2, 0.25) is 10.0 Å². The second kappa shape index (κ2) is 8.32. The molecule has 0 spiro atoms. The van der Waals surface area contributed by atoms with Crippen molar-refractivity contribution in [2.45, 2.75) is 70.4 Å². The van der Waals surface area contributed by atoms with Gasteiger partial charge in [-0.1, -0.05) is 33.3 Å². The minimum absolute atomic E-state index is 0.00152. The summed E-state index contributed by atoms with van der Waals surface area (Å²) in [4.78, 5) is 12.7. The van der Waals surface area contributed by atoms with Crippen LogP contribution in [0.1, 0.15) is 63.7 Å². The molecule has 1 amide bonds. The van der Waals surface area contributed by atoms with Gasteiger partial charge in [-0.05, 0) is 50.3 Å². The molecule has 2 atom stereocenters. The third-order valence-electron chi connectivity index (χ3n) is 5.01. The van der Waals surface area contributed by atoms with Gasteiger partial charge < -0.3 is 5.32 Å². The van der Waals surface area contributed by atoms with Crippen molar-refractivity contribution in [2.75, 3.05) is 6.54 Å². The Balaban J connectivity index is 2.24. The number of nitrogens with one attached hydrogen (secondary N) is 1. The molecule has 0 aliphatic carbocycles. The number of hydrogen-bond donors (Lipinski definition) is 1. The van der Waals surface area contributed by atoms with E-state index in [9.17, 15) is 13.2 Å². The first-order chi connectivity index (χ1) is 11.8. The summed E-state index contributed by atoms with van der Waals surface area (Å²) in [5.74, 6) is 0.111. The van der Waals surface area contributed by atoms with Crippen LogP contribution in [-0.4, -0.2) is 37.3 Å². The molecule has 1 aliphatic heterocycles. The van der Waals surface area contributed by atoms with Gasteiger partial charge in [0, 0.05) is 24.2 Å². The summed E-state index contributed by atoms with van der Waals surface area (Å²) in [6.45, 7) is 8.65. The number of rotatable bonds is 6. The van der Waals surface area contributed by atoms with Crippen LogP contribution < -0.4 is 5.32 Å². The van der Waals surface area contributed by atoms with Gasteiger partial charge in [0.1, 0.15) is 0 Å². The molecular weight excluding hydrogens is 336 g/mol. The summed E-state index contributed by atoms with van der Waals surface area (Å²) in [6.07, 6.45) is 3.66. The van der Waals surface area contributed by atoms with Crippen LogP contribution in [0.5, 0.6) is 0 Å². The highest BCUT2D eigenvalue weighted by molar-refractivity contribution is 7.89. The summed E-state index contributed by atoms with van der Waals surface area (Å²) in [5, 5.41) is 3.00. The lowest BCUT2D eigenvalue weighted by molar-refractivity contribution is 0.0924. The van der Waals surface area contributed by atoms with Crippen LogP contribution in [0, 0.1) is 5.92 Å². The molecule has 1 heterocycles. The highest BCUT2D eigenvalue weighted by atomic mass is 32.2. The Morgan fingerprint density at radius 2 is 2.04 bits per heavy atom. The van der Waals surface area contributed by atoms with E-state index >= 15 is 0 Å². The Bertz CT molecular complexity index is 700. The maximum atomic E-state index is 13.0. The number of carbonyl (C=O) groups excluding carboxylic acids is 1. The van der Waals surface area contributed by atoms with Crippen molar-refractivity contribution >= 4 is 15.9 Å². The molecule has 5 nitrogen and oxygen atoms in total. The van der Waals surface area contributed by atoms with Gasteiger partial charge in [0.25, 0.3) is 5.91 Å². The summed E-state index contributed by atoms with van der Waals surface area (Å²) < 4.78 is 27.5. The van der Waals surface area contributed by atoms with Crippen LogP contribution in [0.4, 0.5) is 0 Å². The maximum Gasteiger partial charge on any atom is 0.251 e. The summed E-state index contributed by atoms with van der Waals surface area (Å²) >= 11 is 0. The van der Waals surface area contributed by atoms with Crippen LogP contribution in [0.2, 0.25) is 0 Å². The van der Waals surface area contributed by atoms with E-state index in [1.54, 1.807) is 22.5 Å². The van der Waals surface area contributed by atoms with E-state index < -0.39 is 10.0 Å². The molecule has 1 fully saturated rings. The zero-order valence-corrected chi connectivity index (χ0v) is 16.5. The SMILES string of the molecule is CCC(NC(=O)c1cccc(S(=O)(=O)N2CCCCC2C)c1)C(C)C. The van der Waals surface area contributed by atoms with E-state index in [4.69, 9.17) is 0 Å². The van der Waals surface area contributed by atoms with E-state index in [0.29, 0.717) is 18.0 Å². The number of amides is 1. The quantitative estimate of drug-likeness (QED) is 0.839. The summed E-state index contributed by atoms with van der Waals surface area (Å²) in [6, 6.07) is 6.47. The number of carbonyl (C=O) groups is 1. The Labute approximate surface area is 151 Å². The zero-order valence-electron chi connectivity index (χ0n) is 15.7. The molecule has 1 aromatic rings. The lowest BCUT2D eigenvalue weighted by atomic mass is 10.0.